The lowest BCUT2D eigenvalue weighted by Crippen LogP contribution is -2.16. The van der Waals surface area contributed by atoms with Gasteiger partial charge in [0, 0.05) is 12.2 Å². The van der Waals surface area contributed by atoms with Crippen LogP contribution in [-0.4, -0.2) is 13.7 Å². The predicted octanol–water partition coefficient (Wildman–Crippen LogP) is 5.16. The molecule has 0 spiro atoms. The number of hydrogen-bond acceptors (Lipinski definition) is 2. The Labute approximate surface area is 123 Å². The van der Waals surface area contributed by atoms with Gasteiger partial charge in [-0.3, -0.25) is 0 Å². The third-order valence-corrected chi connectivity index (χ3v) is 3.78. The van der Waals surface area contributed by atoms with Crippen LogP contribution in [0, 0.1) is 0 Å². The first-order chi connectivity index (χ1) is 9.19. The lowest BCUT2D eigenvalue weighted by molar-refractivity contribution is 0.415. The molecule has 2 nitrogen and oxygen atoms in total. The van der Waals surface area contributed by atoms with E-state index in [-0.39, 0.29) is 0 Å². The van der Waals surface area contributed by atoms with Crippen LogP contribution >= 0.6 is 23.2 Å². The SMILES string of the molecule is CCN(c1ccccc1)c1ccc(OC)c(Cl)c1Cl. The summed E-state index contributed by atoms with van der Waals surface area (Å²) in [4.78, 5) is 2.10. The summed E-state index contributed by atoms with van der Waals surface area (Å²) >= 11 is 12.6. The van der Waals surface area contributed by atoms with Crippen molar-refractivity contribution >= 4 is 34.6 Å². The fraction of sp³-hybridized carbons (Fsp3) is 0.200. The summed E-state index contributed by atoms with van der Waals surface area (Å²) in [6, 6.07) is 13.8. The van der Waals surface area contributed by atoms with E-state index in [1.807, 2.05) is 42.5 Å². The van der Waals surface area contributed by atoms with Crippen molar-refractivity contribution in [3.8, 4) is 5.75 Å². The molecular weight excluding hydrogens is 281 g/mol. The number of para-hydroxylation sites is 1. The Morgan fingerprint density at radius 3 is 2.26 bits per heavy atom. The van der Waals surface area contributed by atoms with E-state index >= 15 is 0 Å². The quantitative estimate of drug-likeness (QED) is 0.772. The fourth-order valence-electron chi connectivity index (χ4n) is 1.99. The molecule has 0 aliphatic rings. The first kappa shape index (κ1) is 14.0. The molecule has 0 bridgehead atoms. The van der Waals surface area contributed by atoms with Crippen LogP contribution in [0.4, 0.5) is 11.4 Å². The first-order valence-corrected chi connectivity index (χ1v) is 6.79. The highest BCUT2D eigenvalue weighted by atomic mass is 35.5. The Morgan fingerprint density at radius 1 is 1.00 bits per heavy atom. The van der Waals surface area contributed by atoms with Gasteiger partial charge in [0.25, 0.3) is 0 Å². The zero-order valence-electron chi connectivity index (χ0n) is 10.9. The number of methoxy groups -OCH3 is 1. The van der Waals surface area contributed by atoms with Gasteiger partial charge in [0.2, 0.25) is 0 Å². The highest BCUT2D eigenvalue weighted by Crippen LogP contribution is 2.41. The van der Waals surface area contributed by atoms with E-state index in [1.165, 1.54) is 0 Å². The average Bonchev–Trinajstić information content (AvgIpc) is 2.45. The number of benzene rings is 2. The third-order valence-electron chi connectivity index (χ3n) is 2.92. The number of nitrogens with zero attached hydrogens (tertiary/aromatic N) is 1. The topological polar surface area (TPSA) is 12.5 Å². The molecule has 0 aliphatic carbocycles. The zero-order chi connectivity index (χ0) is 13.8. The minimum Gasteiger partial charge on any atom is -0.495 e. The van der Waals surface area contributed by atoms with Crippen molar-refractivity contribution in [2.75, 3.05) is 18.6 Å². The van der Waals surface area contributed by atoms with Gasteiger partial charge in [0.1, 0.15) is 10.8 Å². The van der Waals surface area contributed by atoms with Crippen molar-refractivity contribution in [2.45, 2.75) is 6.92 Å². The van der Waals surface area contributed by atoms with Gasteiger partial charge in [-0.2, -0.15) is 0 Å². The monoisotopic (exact) mass is 295 g/mol. The molecule has 0 saturated heterocycles. The van der Waals surface area contributed by atoms with Gasteiger partial charge in [0.15, 0.2) is 0 Å². The van der Waals surface area contributed by atoms with Crippen LogP contribution in [0.3, 0.4) is 0 Å². The maximum absolute atomic E-state index is 6.35. The van der Waals surface area contributed by atoms with Crippen molar-refractivity contribution in [1.82, 2.24) is 0 Å². The molecule has 0 N–H and O–H groups in total. The fourth-order valence-corrected chi connectivity index (χ4v) is 2.48. The second-order valence-corrected chi connectivity index (χ2v) is 4.75. The number of anilines is 2. The van der Waals surface area contributed by atoms with E-state index < -0.39 is 0 Å². The molecule has 100 valence electrons. The molecule has 19 heavy (non-hydrogen) atoms. The third kappa shape index (κ3) is 2.80. The molecule has 0 unspecified atom stereocenters. The van der Waals surface area contributed by atoms with E-state index in [0.29, 0.717) is 15.8 Å². The first-order valence-electron chi connectivity index (χ1n) is 6.03. The van der Waals surface area contributed by atoms with Gasteiger partial charge in [-0.1, -0.05) is 41.4 Å². The predicted molar refractivity (Wildman–Crippen MR) is 82.1 cm³/mol. The molecule has 0 fully saturated rings. The van der Waals surface area contributed by atoms with Crippen LogP contribution in [-0.2, 0) is 0 Å². The molecule has 0 heterocycles. The van der Waals surface area contributed by atoms with Gasteiger partial charge in [0.05, 0.1) is 17.8 Å². The van der Waals surface area contributed by atoms with Crippen molar-refractivity contribution in [3.63, 3.8) is 0 Å². The molecule has 0 saturated carbocycles. The molecule has 0 radical (unpaired) electrons. The van der Waals surface area contributed by atoms with Crippen molar-refractivity contribution in [3.05, 3.63) is 52.5 Å². The van der Waals surface area contributed by atoms with E-state index in [1.54, 1.807) is 7.11 Å². The molecule has 0 amide bonds. The molecule has 2 rings (SSSR count). The van der Waals surface area contributed by atoms with Gasteiger partial charge < -0.3 is 9.64 Å². The van der Waals surface area contributed by atoms with Crippen molar-refractivity contribution in [2.24, 2.45) is 0 Å². The molecule has 0 aliphatic heterocycles. The Kier molecular flexibility index (Phi) is 4.56. The van der Waals surface area contributed by atoms with Crippen LogP contribution < -0.4 is 9.64 Å². The maximum atomic E-state index is 6.35. The molecule has 2 aromatic rings. The second-order valence-electron chi connectivity index (χ2n) is 3.99. The Hall–Kier alpha value is -1.38. The molecule has 4 heteroatoms. The van der Waals surface area contributed by atoms with Gasteiger partial charge in [-0.05, 0) is 31.2 Å². The number of hydrogen-bond donors (Lipinski definition) is 0. The summed E-state index contributed by atoms with van der Waals surface area (Å²) in [5.41, 5.74) is 1.95. The summed E-state index contributed by atoms with van der Waals surface area (Å²) in [6.45, 7) is 2.87. The number of ether oxygens (including phenoxy) is 1. The molecule has 2 aromatic carbocycles. The van der Waals surface area contributed by atoms with Crippen LogP contribution in [0.15, 0.2) is 42.5 Å². The number of rotatable bonds is 4. The lowest BCUT2D eigenvalue weighted by atomic mass is 10.2. The average molecular weight is 296 g/mol. The van der Waals surface area contributed by atoms with Gasteiger partial charge in [-0.15, -0.1) is 0 Å². The molecule has 0 atom stereocenters. The van der Waals surface area contributed by atoms with Crippen LogP contribution in [0.25, 0.3) is 0 Å². The summed E-state index contributed by atoms with van der Waals surface area (Å²) in [6.07, 6.45) is 0. The van der Waals surface area contributed by atoms with Crippen LogP contribution in [0.5, 0.6) is 5.75 Å². The Bertz CT molecular complexity index is 558. The molecular formula is C15H15Cl2NO. The highest BCUT2D eigenvalue weighted by Gasteiger charge is 2.16. The zero-order valence-corrected chi connectivity index (χ0v) is 12.4. The normalized spacial score (nSPS) is 10.3. The largest absolute Gasteiger partial charge is 0.495 e. The van der Waals surface area contributed by atoms with Gasteiger partial charge >= 0.3 is 0 Å². The number of halogens is 2. The lowest BCUT2D eigenvalue weighted by Gasteiger charge is -2.25. The summed E-state index contributed by atoms with van der Waals surface area (Å²) < 4.78 is 5.16. The minimum atomic E-state index is 0.441. The summed E-state index contributed by atoms with van der Waals surface area (Å²) in [5, 5.41) is 0.947. The second kappa shape index (κ2) is 6.18. The van der Waals surface area contributed by atoms with Crippen LogP contribution in [0.1, 0.15) is 6.92 Å². The van der Waals surface area contributed by atoms with E-state index in [4.69, 9.17) is 27.9 Å². The van der Waals surface area contributed by atoms with Crippen molar-refractivity contribution < 1.29 is 4.74 Å². The smallest absolute Gasteiger partial charge is 0.139 e. The Balaban J connectivity index is 2.48. The Morgan fingerprint density at radius 2 is 1.68 bits per heavy atom. The van der Waals surface area contributed by atoms with Crippen LogP contribution in [0.2, 0.25) is 10.0 Å². The van der Waals surface area contributed by atoms with E-state index in [2.05, 4.69) is 11.8 Å². The highest BCUT2D eigenvalue weighted by molar-refractivity contribution is 6.44. The summed E-state index contributed by atoms with van der Waals surface area (Å²) in [5.74, 6) is 0.583. The maximum Gasteiger partial charge on any atom is 0.139 e. The van der Waals surface area contributed by atoms with E-state index in [0.717, 1.165) is 17.9 Å². The summed E-state index contributed by atoms with van der Waals surface area (Å²) in [7, 11) is 1.58. The van der Waals surface area contributed by atoms with Crippen molar-refractivity contribution in [1.29, 1.82) is 0 Å². The standard InChI is InChI=1S/C15H15Cl2NO/c1-3-18(11-7-5-4-6-8-11)12-9-10-13(19-2)15(17)14(12)16/h4-10H,3H2,1-2H3. The van der Waals surface area contributed by atoms with E-state index in [9.17, 15) is 0 Å². The molecule has 0 aromatic heterocycles. The van der Waals surface area contributed by atoms with Gasteiger partial charge in [-0.25, -0.2) is 0 Å². The minimum absolute atomic E-state index is 0.441.